The zero-order valence-corrected chi connectivity index (χ0v) is 18.4. The van der Waals surface area contributed by atoms with Gasteiger partial charge in [-0.3, -0.25) is 24.5 Å². The molecule has 1 heterocycles. The minimum atomic E-state index is -0.853. The van der Waals surface area contributed by atoms with E-state index in [1.54, 1.807) is 4.90 Å². The molecule has 0 saturated heterocycles. The second kappa shape index (κ2) is 9.98. The molecule has 2 unspecified atom stereocenters. The second-order valence-corrected chi connectivity index (χ2v) is 8.44. The van der Waals surface area contributed by atoms with Crippen molar-refractivity contribution < 1.29 is 28.4 Å². The fourth-order valence-electron chi connectivity index (χ4n) is 4.63. The number of fused-ring (bicyclic) bond motifs is 1. The lowest BCUT2D eigenvalue weighted by molar-refractivity contribution is -0.384. The van der Waals surface area contributed by atoms with Gasteiger partial charge in [-0.15, -0.1) is 0 Å². The SMILES string of the molecule is O=C(COC(=O)C1CCCCC1C(=O)N1CCc2ccccc21)Nc1cc([N+](=O)[O-])ccc1F. The van der Waals surface area contributed by atoms with Crippen molar-refractivity contribution in [2.75, 3.05) is 23.4 Å². The Morgan fingerprint density at radius 3 is 2.62 bits per heavy atom. The fourth-order valence-corrected chi connectivity index (χ4v) is 4.63. The maximum Gasteiger partial charge on any atom is 0.310 e. The Kier molecular flexibility index (Phi) is 6.85. The number of hydrogen-bond donors (Lipinski definition) is 1. The first kappa shape index (κ1) is 23.3. The van der Waals surface area contributed by atoms with Gasteiger partial charge in [0.25, 0.3) is 11.6 Å². The summed E-state index contributed by atoms with van der Waals surface area (Å²) in [5, 5.41) is 13.0. The van der Waals surface area contributed by atoms with Gasteiger partial charge in [-0.2, -0.15) is 0 Å². The molecule has 2 aliphatic rings. The summed E-state index contributed by atoms with van der Waals surface area (Å²) in [7, 11) is 0. The van der Waals surface area contributed by atoms with Crippen molar-refractivity contribution in [3.8, 4) is 0 Å². The van der Waals surface area contributed by atoms with E-state index >= 15 is 0 Å². The van der Waals surface area contributed by atoms with Crippen LogP contribution in [0.15, 0.2) is 42.5 Å². The van der Waals surface area contributed by atoms with Crippen LogP contribution in [0.1, 0.15) is 31.2 Å². The first-order valence-corrected chi connectivity index (χ1v) is 11.1. The van der Waals surface area contributed by atoms with Crippen LogP contribution >= 0.6 is 0 Å². The van der Waals surface area contributed by atoms with Crippen LogP contribution in [0, 0.1) is 27.8 Å². The molecule has 4 rings (SSSR count). The van der Waals surface area contributed by atoms with E-state index in [0.29, 0.717) is 19.4 Å². The summed E-state index contributed by atoms with van der Waals surface area (Å²) < 4.78 is 19.1. The topological polar surface area (TPSA) is 119 Å². The first-order chi connectivity index (χ1) is 16.3. The van der Waals surface area contributed by atoms with Crippen molar-refractivity contribution in [3.05, 3.63) is 64.0 Å². The number of nitro groups is 1. The van der Waals surface area contributed by atoms with Crippen molar-refractivity contribution in [2.24, 2.45) is 11.8 Å². The summed E-state index contributed by atoms with van der Waals surface area (Å²) in [6.07, 6.45) is 3.39. The highest BCUT2D eigenvalue weighted by Crippen LogP contribution is 2.36. The van der Waals surface area contributed by atoms with E-state index < -0.39 is 41.1 Å². The molecule has 0 bridgehead atoms. The number of halogens is 1. The van der Waals surface area contributed by atoms with Gasteiger partial charge in [-0.05, 0) is 37.0 Å². The Labute approximate surface area is 195 Å². The number of hydrogen-bond acceptors (Lipinski definition) is 6. The molecule has 0 aromatic heterocycles. The molecule has 1 aliphatic heterocycles. The van der Waals surface area contributed by atoms with E-state index in [9.17, 15) is 28.9 Å². The van der Waals surface area contributed by atoms with Crippen LogP contribution in [0.2, 0.25) is 0 Å². The molecule has 2 aromatic carbocycles. The van der Waals surface area contributed by atoms with Gasteiger partial charge in [0.15, 0.2) is 6.61 Å². The van der Waals surface area contributed by atoms with E-state index in [1.165, 1.54) is 0 Å². The summed E-state index contributed by atoms with van der Waals surface area (Å²) in [6, 6.07) is 10.4. The average Bonchev–Trinajstić information content (AvgIpc) is 3.27. The van der Waals surface area contributed by atoms with Crippen LogP contribution in [0.4, 0.5) is 21.5 Å². The third-order valence-electron chi connectivity index (χ3n) is 6.32. The van der Waals surface area contributed by atoms with Crippen molar-refractivity contribution in [1.29, 1.82) is 0 Å². The molecule has 1 saturated carbocycles. The first-order valence-electron chi connectivity index (χ1n) is 11.1. The molecule has 1 fully saturated rings. The van der Waals surface area contributed by atoms with Crippen LogP contribution in [0.5, 0.6) is 0 Å². The molecule has 34 heavy (non-hydrogen) atoms. The molecular weight excluding hydrogens is 445 g/mol. The van der Waals surface area contributed by atoms with Crippen molar-refractivity contribution in [2.45, 2.75) is 32.1 Å². The van der Waals surface area contributed by atoms with Crippen LogP contribution in [0.25, 0.3) is 0 Å². The number of rotatable bonds is 6. The van der Waals surface area contributed by atoms with Gasteiger partial charge in [-0.25, -0.2) is 4.39 Å². The second-order valence-electron chi connectivity index (χ2n) is 8.44. The molecule has 1 N–H and O–H groups in total. The van der Waals surface area contributed by atoms with Crippen LogP contribution in [0.3, 0.4) is 0 Å². The van der Waals surface area contributed by atoms with Gasteiger partial charge in [0.2, 0.25) is 5.91 Å². The number of amides is 2. The molecule has 0 spiro atoms. The average molecular weight is 469 g/mol. The number of non-ortho nitro benzene ring substituents is 1. The number of anilines is 2. The Bertz CT molecular complexity index is 1140. The Hall–Kier alpha value is -3.82. The third-order valence-corrected chi connectivity index (χ3v) is 6.32. The summed E-state index contributed by atoms with van der Waals surface area (Å²) >= 11 is 0. The van der Waals surface area contributed by atoms with Gasteiger partial charge in [0, 0.05) is 24.4 Å². The lowest BCUT2D eigenvalue weighted by atomic mass is 9.78. The number of nitro benzene ring substituents is 1. The quantitative estimate of drug-likeness (QED) is 0.392. The number of esters is 1. The third kappa shape index (κ3) is 4.90. The summed E-state index contributed by atoms with van der Waals surface area (Å²) in [5.41, 5.74) is 1.19. The smallest absolute Gasteiger partial charge is 0.310 e. The van der Waals surface area contributed by atoms with Gasteiger partial charge in [0.1, 0.15) is 5.82 Å². The van der Waals surface area contributed by atoms with Crippen LogP contribution in [-0.4, -0.2) is 35.9 Å². The largest absolute Gasteiger partial charge is 0.455 e. The highest BCUT2D eigenvalue weighted by atomic mass is 19.1. The van der Waals surface area contributed by atoms with Crippen molar-refractivity contribution in [3.63, 3.8) is 0 Å². The molecular formula is C24H24FN3O6. The minimum absolute atomic E-state index is 0.116. The Morgan fingerprint density at radius 1 is 1.12 bits per heavy atom. The van der Waals surface area contributed by atoms with E-state index in [4.69, 9.17) is 4.74 Å². The molecule has 10 heteroatoms. The highest BCUT2D eigenvalue weighted by molar-refractivity contribution is 5.99. The monoisotopic (exact) mass is 469 g/mol. The highest BCUT2D eigenvalue weighted by Gasteiger charge is 2.40. The summed E-state index contributed by atoms with van der Waals surface area (Å²) in [4.78, 5) is 50.2. The molecule has 0 radical (unpaired) electrons. The van der Waals surface area contributed by atoms with Crippen molar-refractivity contribution in [1.82, 2.24) is 0 Å². The molecule has 1 aliphatic carbocycles. The van der Waals surface area contributed by atoms with Crippen LogP contribution < -0.4 is 10.2 Å². The predicted molar refractivity (Wildman–Crippen MR) is 121 cm³/mol. The summed E-state index contributed by atoms with van der Waals surface area (Å²) in [5.74, 6) is -3.66. The number of benzene rings is 2. The van der Waals surface area contributed by atoms with Gasteiger partial charge in [0.05, 0.1) is 22.4 Å². The molecule has 2 aromatic rings. The number of nitrogens with zero attached hydrogens (tertiary/aromatic N) is 2. The zero-order valence-electron chi connectivity index (χ0n) is 18.4. The van der Waals surface area contributed by atoms with Gasteiger partial charge < -0.3 is 15.0 Å². The Balaban J connectivity index is 1.38. The number of carbonyl (C=O) groups excluding carboxylic acids is 3. The Morgan fingerprint density at radius 2 is 1.85 bits per heavy atom. The fraction of sp³-hybridized carbons (Fsp3) is 0.375. The molecule has 2 atom stereocenters. The standard InChI is InChI=1S/C24H24FN3O6/c25-19-10-9-16(28(32)33)13-20(19)26-22(29)14-34-24(31)18-7-3-2-6-17(18)23(30)27-12-11-15-5-1-4-8-21(15)27/h1,4-5,8-10,13,17-18H,2-3,6-7,11-12,14H2,(H,26,29). The van der Waals surface area contributed by atoms with Gasteiger partial charge >= 0.3 is 5.97 Å². The number of ether oxygens (including phenoxy) is 1. The maximum atomic E-state index is 13.9. The van der Waals surface area contributed by atoms with E-state index in [2.05, 4.69) is 5.32 Å². The minimum Gasteiger partial charge on any atom is -0.455 e. The number of para-hydroxylation sites is 1. The predicted octanol–water partition coefficient (Wildman–Crippen LogP) is 3.61. The van der Waals surface area contributed by atoms with E-state index in [1.807, 2.05) is 24.3 Å². The zero-order chi connectivity index (χ0) is 24.2. The molecule has 178 valence electrons. The van der Waals surface area contributed by atoms with Gasteiger partial charge in [-0.1, -0.05) is 31.0 Å². The lowest BCUT2D eigenvalue weighted by Gasteiger charge is -2.32. The van der Waals surface area contributed by atoms with Crippen molar-refractivity contribution >= 4 is 34.8 Å². The van der Waals surface area contributed by atoms with E-state index in [0.717, 1.165) is 48.7 Å². The lowest BCUT2D eigenvalue weighted by Crippen LogP contribution is -2.42. The summed E-state index contributed by atoms with van der Waals surface area (Å²) in [6.45, 7) is -0.126. The molecule has 9 nitrogen and oxygen atoms in total. The number of carbonyl (C=O) groups is 3. The number of nitrogens with one attached hydrogen (secondary N) is 1. The maximum absolute atomic E-state index is 13.9. The normalized spacial score (nSPS) is 19.3. The van der Waals surface area contributed by atoms with Crippen LogP contribution in [-0.2, 0) is 25.5 Å². The molecule has 2 amide bonds. The van der Waals surface area contributed by atoms with E-state index in [-0.39, 0.29) is 17.3 Å².